The number of rotatable bonds is 2. The van der Waals surface area contributed by atoms with Gasteiger partial charge in [0.15, 0.2) is 0 Å². The van der Waals surface area contributed by atoms with Crippen molar-refractivity contribution in [3.05, 3.63) is 23.0 Å². The van der Waals surface area contributed by atoms with Crippen molar-refractivity contribution >= 4 is 23.2 Å². The molecule has 0 bridgehead atoms. The lowest BCUT2D eigenvalue weighted by Gasteiger charge is -2.39. The summed E-state index contributed by atoms with van der Waals surface area (Å²) in [5.41, 5.74) is 6.62. The molecule has 1 aliphatic rings. The standard InChI is InChI=1S/C13H19ClN4O/c1-3-17-4-5-18(8-9(17)2)13(19)10-6-12(14)16-7-11(10)15/h6-7,9H,3-5,8,15H2,1-2H3. The number of aromatic nitrogens is 1. The number of piperazine rings is 1. The third-order valence-electron chi connectivity index (χ3n) is 3.59. The van der Waals surface area contributed by atoms with E-state index >= 15 is 0 Å². The molecule has 1 unspecified atom stereocenters. The molecule has 104 valence electrons. The van der Waals surface area contributed by atoms with Crippen molar-refractivity contribution in [2.45, 2.75) is 19.9 Å². The predicted octanol–water partition coefficient (Wildman–Crippen LogP) is 1.48. The number of halogens is 1. The molecule has 1 amide bonds. The van der Waals surface area contributed by atoms with Crippen molar-refractivity contribution in [1.29, 1.82) is 0 Å². The third kappa shape index (κ3) is 2.98. The number of hydrogen-bond donors (Lipinski definition) is 1. The van der Waals surface area contributed by atoms with Gasteiger partial charge in [-0.2, -0.15) is 0 Å². The molecule has 1 aromatic rings. The van der Waals surface area contributed by atoms with Crippen LogP contribution in [0, 0.1) is 0 Å². The molecule has 1 aliphatic heterocycles. The zero-order valence-corrected chi connectivity index (χ0v) is 12.0. The number of pyridine rings is 1. The summed E-state index contributed by atoms with van der Waals surface area (Å²) in [5, 5.41) is 0.290. The van der Waals surface area contributed by atoms with Gasteiger partial charge in [-0.1, -0.05) is 18.5 Å². The maximum Gasteiger partial charge on any atom is 0.256 e. The second-order valence-electron chi connectivity index (χ2n) is 4.82. The van der Waals surface area contributed by atoms with Gasteiger partial charge >= 0.3 is 0 Å². The Kier molecular flexibility index (Phi) is 4.27. The Labute approximate surface area is 118 Å². The largest absolute Gasteiger partial charge is 0.397 e. The minimum atomic E-state index is -0.0654. The zero-order valence-electron chi connectivity index (χ0n) is 11.3. The molecule has 1 aromatic heterocycles. The number of amides is 1. The van der Waals surface area contributed by atoms with Gasteiger partial charge in [-0.25, -0.2) is 4.98 Å². The molecule has 5 nitrogen and oxygen atoms in total. The van der Waals surface area contributed by atoms with Crippen LogP contribution in [0.2, 0.25) is 5.15 Å². The van der Waals surface area contributed by atoms with Crippen LogP contribution in [0.3, 0.4) is 0 Å². The highest BCUT2D eigenvalue weighted by Gasteiger charge is 2.27. The molecule has 2 N–H and O–H groups in total. The number of nitrogens with two attached hydrogens (primary N) is 1. The highest BCUT2D eigenvalue weighted by atomic mass is 35.5. The molecule has 1 atom stereocenters. The Morgan fingerprint density at radius 2 is 2.32 bits per heavy atom. The van der Waals surface area contributed by atoms with E-state index in [9.17, 15) is 4.79 Å². The lowest BCUT2D eigenvalue weighted by atomic mass is 10.1. The average molecular weight is 283 g/mol. The maximum atomic E-state index is 12.5. The molecule has 0 saturated carbocycles. The Morgan fingerprint density at radius 1 is 1.58 bits per heavy atom. The van der Waals surface area contributed by atoms with Crippen LogP contribution in [-0.2, 0) is 0 Å². The lowest BCUT2D eigenvalue weighted by Crippen LogP contribution is -2.53. The van der Waals surface area contributed by atoms with Crippen molar-refractivity contribution in [3.8, 4) is 0 Å². The van der Waals surface area contributed by atoms with Gasteiger partial charge in [-0.15, -0.1) is 0 Å². The Morgan fingerprint density at radius 3 is 2.95 bits per heavy atom. The van der Waals surface area contributed by atoms with Gasteiger partial charge in [0.05, 0.1) is 17.4 Å². The molecule has 6 heteroatoms. The molecule has 0 spiro atoms. The number of nitrogens with zero attached hydrogens (tertiary/aromatic N) is 3. The van der Waals surface area contributed by atoms with Crippen LogP contribution in [0.4, 0.5) is 5.69 Å². The smallest absolute Gasteiger partial charge is 0.256 e. The fourth-order valence-electron chi connectivity index (χ4n) is 2.45. The first kappa shape index (κ1) is 14.1. The Bertz CT molecular complexity index is 480. The Hall–Kier alpha value is -1.33. The van der Waals surface area contributed by atoms with E-state index < -0.39 is 0 Å². The summed E-state index contributed by atoms with van der Waals surface area (Å²) >= 11 is 5.83. The third-order valence-corrected chi connectivity index (χ3v) is 3.80. The van der Waals surface area contributed by atoms with E-state index in [0.717, 1.165) is 19.6 Å². The maximum absolute atomic E-state index is 12.5. The van der Waals surface area contributed by atoms with Crippen molar-refractivity contribution in [2.75, 3.05) is 31.9 Å². The van der Waals surface area contributed by atoms with Gasteiger partial charge in [0.1, 0.15) is 5.15 Å². The van der Waals surface area contributed by atoms with E-state index in [1.54, 1.807) is 0 Å². The van der Waals surface area contributed by atoms with Crippen molar-refractivity contribution in [1.82, 2.24) is 14.8 Å². The van der Waals surface area contributed by atoms with Crippen molar-refractivity contribution in [2.24, 2.45) is 0 Å². The number of nitrogen functional groups attached to an aromatic ring is 1. The lowest BCUT2D eigenvalue weighted by molar-refractivity contribution is 0.0529. The van der Waals surface area contributed by atoms with Crippen LogP contribution >= 0.6 is 11.6 Å². The first-order valence-electron chi connectivity index (χ1n) is 6.47. The summed E-state index contributed by atoms with van der Waals surface area (Å²) in [5.74, 6) is -0.0654. The van der Waals surface area contributed by atoms with Crippen LogP contribution in [0.1, 0.15) is 24.2 Å². The van der Waals surface area contributed by atoms with Gasteiger partial charge in [-0.3, -0.25) is 9.69 Å². The van der Waals surface area contributed by atoms with E-state index in [1.165, 1.54) is 12.3 Å². The fraction of sp³-hybridized carbons (Fsp3) is 0.538. The topological polar surface area (TPSA) is 62.5 Å². The minimum Gasteiger partial charge on any atom is -0.397 e. The second-order valence-corrected chi connectivity index (χ2v) is 5.21. The zero-order chi connectivity index (χ0) is 14.0. The summed E-state index contributed by atoms with van der Waals surface area (Å²) < 4.78 is 0. The molecule has 0 aliphatic carbocycles. The number of carbonyl (C=O) groups is 1. The van der Waals surface area contributed by atoms with Crippen LogP contribution in [0.15, 0.2) is 12.3 Å². The molecule has 19 heavy (non-hydrogen) atoms. The van der Waals surface area contributed by atoms with E-state index in [1.807, 2.05) is 4.90 Å². The van der Waals surface area contributed by atoms with Crippen LogP contribution in [-0.4, -0.2) is 52.9 Å². The van der Waals surface area contributed by atoms with E-state index in [0.29, 0.717) is 23.8 Å². The number of carbonyl (C=O) groups excluding carboxylic acids is 1. The normalized spacial score (nSPS) is 20.6. The van der Waals surface area contributed by atoms with Crippen LogP contribution in [0.25, 0.3) is 0 Å². The molecule has 0 radical (unpaired) electrons. The van der Waals surface area contributed by atoms with E-state index in [-0.39, 0.29) is 11.1 Å². The molecular formula is C13H19ClN4O. The van der Waals surface area contributed by atoms with E-state index in [4.69, 9.17) is 17.3 Å². The molecular weight excluding hydrogens is 264 g/mol. The predicted molar refractivity (Wildman–Crippen MR) is 76.3 cm³/mol. The van der Waals surface area contributed by atoms with Crippen LogP contribution < -0.4 is 5.73 Å². The first-order valence-corrected chi connectivity index (χ1v) is 6.85. The summed E-state index contributed by atoms with van der Waals surface area (Å²) in [6.45, 7) is 7.59. The second kappa shape index (κ2) is 5.75. The molecule has 1 fully saturated rings. The number of anilines is 1. The summed E-state index contributed by atoms with van der Waals surface area (Å²) in [7, 11) is 0. The Balaban J connectivity index is 2.14. The van der Waals surface area contributed by atoms with Crippen LogP contribution in [0.5, 0.6) is 0 Å². The van der Waals surface area contributed by atoms with Gasteiger partial charge < -0.3 is 10.6 Å². The number of hydrogen-bond acceptors (Lipinski definition) is 4. The fourth-order valence-corrected chi connectivity index (χ4v) is 2.60. The van der Waals surface area contributed by atoms with Gasteiger partial charge in [0.2, 0.25) is 0 Å². The highest BCUT2D eigenvalue weighted by molar-refractivity contribution is 6.29. The molecule has 2 rings (SSSR count). The molecule has 2 heterocycles. The summed E-state index contributed by atoms with van der Waals surface area (Å²) in [6.07, 6.45) is 1.43. The average Bonchev–Trinajstić information content (AvgIpc) is 2.40. The monoisotopic (exact) mass is 282 g/mol. The number of likely N-dealkylation sites (N-methyl/N-ethyl adjacent to an activating group) is 1. The van der Waals surface area contributed by atoms with E-state index in [2.05, 4.69) is 23.7 Å². The quantitative estimate of drug-likeness (QED) is 0.835. The highest BCUT2D eigenvalue weighted by Crippen LogP contribution is 2.19. The van der Waals surface area contributed by atoms with Crippen molar-refractivity contribution in [3.63, 3.8) is 0 Å². The van der Waals surface area contributed by atoms with Crippen molar-refractivity contribution < 1.29 is 4.79 Å². The molecule has 1 saturated heterocycles. The first-order chi connectivity index (χ1) is 9.02. The van der Waals surface area contributed by atoms with Gasteiger partial charge in [0.25, 0.3) is 5.91 Å². The SMILES string of the molecule is CCN1CCN(C(=O)c2cc(Cl)ncc2N)CC1C. The van der Waals surface area contributed by atoms with Gasteiger partial charge in [-0.05, 0) is 19.5 Å². The molecule has 0 aromatic carbocycles. The summed E-state index contributed by atoms with van der Waals surface area (Å²) in [4.78, 5) is 20.5. The van der Waals surface area contributed by atoms with Gasteiger partial charge in [0, 0.05) is 25.7 Å². The summed E-state index contributed by atoms with van der Waals surface area (Å²) in [6, 6.07) is 1.90. The minimum absolute atomic E-state index is 0.0654.